The first kappa shape index (κ1) is 12.2. The maximum atomic E-state index is 12.0. The molecule has 0 aliphatic carbocycles. The zero-order valence-corrected chi connectivity index (χ0v) is 10.7. The number of aromatic nitrogens is 2. The number of furan rings is 1. The zero-order valence-electron chi connectivity index (χ0n) is 10.7. The zero-order chi connectivity index (χ0) is 13.9. The number of hydrogen-bond acceptors (Lipinski definition) is 5. The second-order valence-corrected chi connectivity index (χ2v) is 4.23. The average Bonchev–Trinajstić information content (AvgIpc) is 3.10. The van der Waals surface area contributed by atoms with Crippen molar-refractivity contribution in [3.8, 4) is 0 Å². The molecular weight excluding hydrogens is 258 g/mol. The molecule has 1 aromatic carbocycles. The van der Waals surface area contributed by atoms with Crippen molar-refractivity contribution in [1.82, 2.24) is 10.3 Å². The molecule has 0 spiro atoms. The summed E-state index contributed by atoms with van der Waals surface area (Å²) in [5.74, 6) is 0.385. The van der Waals surface area contributed by atoms with Gasteiger partial charge < -0.3 is 9.73 Å². The van der Waals surface area contributed by atoms with Crippen molar-refractivity contribution in [2.75, 3.05) is 5.32 Å². The molecule has 6 heteroatoms. The number of anilines is 1. The van der Waals surface area contributed by atoms with Gasteiger partial charge in [-0.15, -0.1) is 0 Å². The molecule has 2 heterocycles. The molecule has 1 amide bonds. The Balaban J connectivity index is 1.83. The van der Waals surface area contributed by atoms with E-state index in [0.717, 1.165) is 5.57 Å². The second kappa shape index (κ2) is 5.00. The molecule has 6 nitrogen and oxygen atoms in total. The number of nitrogens with one attached hydrogen (secondary N) is 1. The molecule has 0 aliphatic rings. The summed E-state index contributed by atoms with van der Waals surface area (Å²) in [5.41, 5.74) is 2.40. The van der Waals surface area contributed by atoms with E-state index in [-0.39, 0.29) is 5.91 Å². The summed E-state index contributed by atoms with van der Waals surface area (Å²) in [6.45, 7) is 1.80. The third-order valence-electron chi connectivity index (χ3n) is 2.80. The van der Waals surface area contributed by atoms with Gasteiger partial charge in [-0.2, -0.15) is 0 Å². The molecule has 0 unspecified atom stereocenters. The van der Waals surface area contributed by atoms with Crippen molar-refractivity contribution in [3.05, 3.63) is 48.4 Å². The van der Waals surface area contributed by atoms with Gasteiger partial charge in [-0.05, 0) is 47.1 Å². The molecule has 0 fully saturated rings. The minimum absolute atomic E-state index is 0.269. The van der Waals surface area contributed by atoms with Crippen molar-refractivity contribution in [3.63, 3.8) is 0 Å². The van der Waals surface area contributed by atoms with Gasteiger partial charge in [-0.3, -0.25) is 4.79 Å². The number of benzene rings is 1. The molecule has 1 N–H and O–H groups in total. The smallest absolute Gasteiger partial charge is 0.248 e. The monoisotopic (exact) mass is 269 g/mol. The predicted octanol–water partition coefficient (Wildman–Crippen LogP) is 2.86. The van der Waals surface area contributed by atoms with E-state index in [2.05, 4.69) is 20.3 Å². The van der Waals surface area contributed by atoms with Crippen molar-refractivity contribution in [2.24, 2.45) is 0 Å². The first-order valence-electron chi connectivity index (χ1n) is 5.98. The van der Waals surface area contributed by atoms with Crippen LogP contribution in [0.15, 0.2) is 51.7 Å². The van der Waals surface area contributed by atoms with Gasteiger partial charge in [0, 0.05) is 6.08 Å². The maximum Gasteiger partial charge on any atom is 0.248 e. The van der Waals surface area contributed by atoms with Crippen LogP contribution < -0.4 is 5.32 Å². The van der Waals surface area contributed by atoms with Crippen LogP contribution in [0.3, 0.4) is 0 Å². The first-order chi connectivity index (χ1) is 9.74. The number of allylic oxidation sites excluding steroid dienone is 1. The Bertz CT molecular complexity index is 772. The molecule has 0 saturated heterocycles. The summed E-state index contributed by atoms with van der Waals surface area (Å²) >= 11 is 0. The van der Waals surface area contributed by atoms with E-state index < -0.39 is 0 Å². The maximum absolute atomic E-state index is 12.0. The Morgan fingerprint density at radius 1 is 1.25 bits per heavy atom. The van der Waals surface area contributed by atoms with Crippen molar-refractivity contribution >= 4 is 28.2 Å². The van der Waals surface area contributed by atoms with E-state index >= 15 is 0 Å². The summed E-state index contributed by atoms with van der Waals surface area (Å²) in [7, 11) is 0. The molecule has 2 aromatic heterocycles. The summed E-state index contributed by atoms with van der Waals surface area (Å²) in [6, 6.07) is 8.82. The van der Waals surface area contributed by atoms with Gasteiger partial charge in [0.2, 0.25) is 5.91 Å². The Hall–Kier alpha value is -2.89. The predicted molar refractivity (Wildman–Crippen MR) is 72.8 cm³/mol. The van der Waals surface area contributed by atoms with Crippen LogP contribution in [0, 0.1) is 0 Å². The lowest BCUT2D eigenvalue weighted by molar-refractivity contribution is -0.111. The van der Waals surface area contributed by atoms with E-state index in [0.29, 0.717) is 22.5 Å². The number of hydrogen-bond donors (Lipinski definition) is 1. The minimum Gasteiger partial charge on any atom is -0.465 e. The molecule has 0 saturated carbocycles. The highest BCUT2D eigenvalue weighted by Crippen LogP contribution is 2.20. The number of carbonyl (C=O) groups excluding carboxylic acids is 1. The number of rotatable bonds is 3. The molecule has 100 valence electrons. The molecular formula is C14H11N3O3. The molecule has 3 aromatic rings. The fourth-order valence-corrected chi connectivity index (χ4v) is 1.85. The van der Waals surface area contributed by atoms with Gasteiger partial charge in [-0.25, -0.2) is 4.63 Å². The lowest BCUT2D eigenvalue weighted by atomic mass is 10.2. The van der Waals surface area contributed by atoms with Crippen LogP contribution in [0.1, 0.15) is 12.7 Å². The fourth-order valence-electron chi connectivity index (χ4n) is 1.85. The summed E-state index contributed by atoms with van der Waals surface area (Å²) < 4.78 is 9.86. The number of nitrogens with zero attached hydrogens (tertiary/aromatic N) is 2. The number of carbonyl (C=O) groups is 1. The average molecular weight is 269 g/mol. The Morgan fingerprint density at radius 3 is 2.95 bits per heavy atom. The van der Waals surface area contributed by atoms with Gasteiger partial charge in [0.15, 0.2) is 5.52 Å². The topological polar surface area (TPSA) is 81.2 Å². The summed E-state index contributed by atoms with van der Waals surface area (Å²) in [4.78, 5) is 12.0. The highest BCUT2D eigenvalue weighted by Gasteiger charge is 2.09. The molecule has 0 bridgehead atoms. The third-order valence-corrected chi connectivity index (χ3v) is 2.80. The van der Waals surface area contributed by atoms with E-state index in [1.165, 1.54) is 6.08 Å². The van der Waals surface area contributed by atoms with Crippen LogP contribution in [0.25, 0.3) is 16.6 Å². The molecule has 0 aliphatic heterocycles. The number of fused-ring (bicyclic) bond motifs is 1. The lowest BCUT2D eigenvalue weighted by Gasteiger charge is -2.02. The van der Waals surface area contributed by atoms with Crippen LogP contribution in [0.5, 0.6) is 0 Å². The second-order valence-electron chi connectivity index (χ2n) is 4.23. The SMILES string of the molecule is CC(=CC(=O)Nc1cccc2nonc12)c1ccco1. The normalized spacial score (nSPS) is 11.8. The molecule has 0 radical (unpaired) electrons. The highest BCUT2D eigenvalue weighted by atomic mass is 16.6. The minimum atomic E-state index is -0.269. The molecule has 0 atom stereocenters. The van der Waals surface area contributed by atoms with Crippen LogP contribution in [0.2, 0.25) is 0 Å². The summed E-state index contributed by atoms with van der Waals surface area (Å²) in [6.07, 6.45) is 3.03. The van der Waals surface area contributed by atoms with E-state index in [1.807, 2.05) is 0 Å². The van der Waals surface area contributed by atoms with Crippen molar-refractivity contribution in [1.29, 1.82) is 0 Å². The van der Waals surface area contributed by atoms with Gasteiger partial charge in [0.05, 0.1) is 12.0 Å². The van der Waals surface area contributed by atoms with E-state index in [4.69, 9.17) is 4.42 Å². The third kappa shape index (κ3) is 2.31. The van der Waals surface area contributed by atoms with Crippen LogP contribution in [-0.2, 0) is 4.79 Å². The van der Waals surface area contributed by atoms with Crippen LogP contribution >= 0.6 is 0 Å². The standard InChI is InChI=1S/C14H11N3O3/c1-9(12-6-3-7-19-12)8-13(18)15-10-4-2-5-11-14(10)17-20-16-11/h2-8H,1H3,(H,15,18). The molecule has 3 rings (SSSR count). The van der Waals surface area contributed by atoms with Gasteiger partial charge >= 0.3 is 0 Å². The molecule has 20 heavy (non-hydrogen) atoms. The van der Waals surface area contributed by atoms with Crippen LogP contribution in [-0.4, -0.2) is 16.2 Å². The van der Waals surface area contributed by atoms with Gasteiger partial charge in [0.1, 0.15) is 11.3 Å². The highest BCUT2D eigenvalue weighted by molar-refractivity contribution is 6.07. The summed E-state index contributed by atoms with van der Waals surface area (Å²) in [5, 5.41) is 10.2. The quantitative estimate of drug-likeness (QED) is 0.739. The van der Waals surface area contributed by atoms with E-state index in [9.17, 15) is 4.79 Å². The number of amides is 1. The Labute approximate surface area is 114 Å². The fraction of sp³-hybridized carbons (Fsp3) is 0.0714. The van der Waals surface area contributed by atoms with Crippen molar-refractivity contribution in [2.45, 2.75) is 6.92 Å². The first-order valence-corrected chi connectivity index (χ1v) is 5.98. The lowest BCUT2D eigenvalue weighted by Crippen LogP contribution is -2.08. The Morgan fingerprint density at radius 2 is 2.15 bits per heavy atom. The van der Waals surface area contributed by atoms with Crippen molar-refractivity contribution < 1.29 is 13.8 Å². The van der Waals surface area contributed by atoms with Gasteiger partial charge in [-0.1, -0.05) is 6.07 Å². The van der Waals surface area contributed by atoms with E-state index in [1.54, 1.807) is 43.5 Å². The van der Waals surface area contributed by atoms with Gasteiger partial charge in [0.25, 0.3) is 0 Å². The Kier molecular flexibility index (Phi) is 3.04. The largest absolute Gasteiger partial charge is 0.465 e. The van der Waals surface area contributed by atoms with Crippen LogP contribution in [0.4, 0.5) is 5.69 Å².